The summed E-state index contributed by atoms with van der Waals surface area (Å²) in [6.45, 7) is 1.58. The smallest absolute Gasteiger partial charge is 0.158 e. The van der Waals surface area contributed by atoms with E-state index in [2.05, 4.69) is 10.5 Å². The average Bonchev–Trinajstić information content (AvgIpc) is 2.67. The zero-order chi connectivity index (χ0) is 9.10. The van der Waals surface area contributed by atoms with E-state index in [0.29, 0.717) is 12.6 Å². The maximum atomic E-state index is 5.57. The van der Waals surface area contributed by atoms with Crippen molar-refractivity contribution in [2.45, 2.75) is 31.8 Å². The van der Waals surface area contributed by atoms with E-state index < -0.39 is 0 Å². The Labute approximate surface area is 77.5 Å². The Bertz CT molecular complexity index is 266. The van der Waals surface area contributed by atoms with E-state index >= 15 is 0 Å². The molecular formula is C9H15N3O. The molecule has 1 unspecified atom stereocenters. The van der Waals surface area contributed by atoms with Crippen molar-refractivity contribution in [3.05, 3.63) is 17.5 Å². The second kappa shape index (κ2) is 3.89. The van der Waals surface area contributed by atoms with Gasteiger partial charge in [-0.05, 0) is 19.4 Å². The maximum Gasteiger partial charge on any atom is 0.158 e. The highest BCUT2D eigenvalue weighted by molar-refractivity contribution is 5.17. The van der Waals surface area contributed by atoms with Gasteiger partial charge < -0.3 is 15.6 Å². The van der Waals surface area contributed by atoms with Crippen LogP contribution in [0.1, 0.15) is 36.6 Å². The first-order valence-electron chi connectivity index (χ1n) is 4.78. The molecule has 72 valence electrons. The number of hydrogen-bond acceptors (Lipinski definition) is 4. The molecule has 1 fully saturated rings. The lowest BCUT2D eigenvalue weighted by Gasteiger charge is -2.21. The molecule has 3 N–H and O–H groups in total. The first kappa shape index (κ1) is 8.72. The van der Waals surface area contributed by atoms with Crippen LogP contribution in [0.4, 0.5) is 0 Å². The molecular weight excluding hydrogens is 166 g/mol. The van der Waals surface area contributed by atoms with Gasteiger partial charge in [0.25, 0.3) is 0 Å². The van der Waals surface area contributed by atoms with Crippen molar-refractivity contribution in [1.82, 2.24) is 10.5 Å². The van der Waals surface area contributed by atoms with Gasteiger partial charge in [0, 0.05) is 12.1 Å². The number of nitrogens with zero attached hydrogens (tertiary/aromatic N) is 1. The van der Waals surface area contributed by atoms with Gasteiger partial charge in [-0.1, -0.05) is 11.6 Å². The van der Waals surface area contributed by atoms with Crippen LogP contribution in [0.3, 0.4) is 0 Å². The van der Waals surface area contributed by atoms with Gasteiger partial charge in [0.2, 0.25) is 0 Å². The average molecular weight is 181 g/mol. The highest BCUT2D eigenvalue weighted by atomic mass is 16.5. The lowest BCUT2D eigenvalue weighted by molar-refractivity contribution is 0.303. The van der Waals surface area contributed by atoms with Gasteiger partial charge in [-0.3, -0.25) is 0 Å². The summed E-state index contributed by atoms with van der Waals surface area (Å²) in [4.78, 5) is 0. The Morgan fingerprint density at radius 2 is 2.54 bits per heavy atom. The molecule has 0 aliphatic carbocycles. The summed E-state index contributed by atoms with van der Waals surface area (Å²) in [6, 6.07) is 0.329. The SMILES string of the molecule is NCc1cnoc1C1CCCCN1. The van der Waals surface area contributed by atoms with Crippen LogP contribution in [0.2, 0.25) is 0 Å². The van der Waals surface area contributed by atoms with Crippen LogP contribution in [0.15, 0.2) is 10.7 Å². The first-order chi connectivity index (χ1) is 6.42. The fourth-order valence-electron chi connectivity index (χ4n) is 1.79. The molecule has 0 aromatic carbocycles. The van der Waals surface area contributed by atoms with E-state index in [1.54, 1.807) is 6.20 Å². The lowest BCUT2D eigenvalue weighted by atomic mass is 10.0. The summed E-state index contributed by atoms with van der Waals surface area (Å²) in [5, 5.41) is 7.18. The third-order valence-electron chi connectivity index (χ3n) is 2.52. The van der Waals surface area contributed by atoms with Gasteiger partial charge >= 0.3 is 0 Å². The summed E-state index contributed by atoms with van der Waals surface area (Å²) in [6.07, 6.45) is 5.35. The van der Waals surface area contributed by atoms with Crippen LogP contribution in [-0.4, -0.2) is 11.7 Å². The van der Waals surface area contributed by atoms with Crippen LogP contribution in [0.5, 0.6) is 0 Å². The second-order valence-electron chi connectivity index (χ2n) is 3.42. The number of nitrogens with two attached hydrogens (primary N) is 1. The number of piperidine rings is 1. The maximum absolute atomic E-state index is 5.57. The van der Waals surface area contributed by atoms with Crippen LogP contribution in [0.25, 0.3) is 0 Å². The van der Waals surface area contributed by atoms with Gasteiger partial charge in [0.05, 0.1) is 12.2 Å². The van der Waals surface area contributed by atoms with Crippen molar-refractivity contribution in [2.75, 3.05) is 6.54 Å². The fourth-order valence-corrected chi connectivity index (χ4v) is 1.79. The predicted molar refractivity (Wildman–Crippen MR) is 49.0 cm³/mol. The molecule has 4 nitrogen and oxygen atoms in total. The minimum absolute atomic E-state index is 0.329. The Balaban J connectivity index is 2.13. The van der Waals surface area contributed by atoms with Gasteiger partial charge in [0.1, 0.15) is 0 Å². The van der Waals surface area contributed by atoms with Crippen molar-refractivity contribution < 1.29 is 4.52 Å². The molecule has 2 rings (SSSR count). The Hall–Kier alpha value is -0.870. The van der Waals surface area contributed by atoms with Gasteiger partial charge in [-0.2, -0.15) is 0 Å². The molecule has 1 aliphatic heterocycles. The third-order valence-corrected chi connectivity index (χ3v) is 2.52. The zero-order valence-electron chi connectivity index (χ0n) is 7.62. The van der Waals surface area contributed by atoms with Crippen molar-refractivity contribution in [3.8, 4) is 0 Å². The molecule has 0 spiro atoms. The molecule has 1 atom stereocenters. The molecule has 1 saturated heterocycles. The molecule has 2 heterocycles. The highest BCUT2D eigenvalue weighted by Gasteiger charge is 2.20. The van der Waals surface area contributed by atoms with Gasteiger partial charge in [0.15, 0.2) is 5.76 Å². The van der Waals surface area contributed by atoms with Crippen LogP contribution >= 0.6 is 0 Å². The monoisotopic (exact) mass is 181 g/mol. The Morgan fingerprint density at radius 1 is 1.62 bits per heavy atom. The minimum atomic E-state index is 0.329. The molecule has 1 aromatic rings. The van der Waals surface area contributed by atoms with Gasteiger partial charge in [-0.15, -0.1) is 0 Å². The van der Waals surface area contributed by atoms with E-state index in [9.17, 15) is 0 Å². The first-order valence-corrected chi connectivity index (χ1v) is 4.78. The van der Waals surface area contributed by atoms with Crippen LogP contribution in [-0.2, 0) is 6.54 Å². The summed E-state index contributed by atoms with van der Waals surface area (Å²) >= 11 is 0. The minimum Gasteiger partial charge on any atom is -0.359 e. The van der Waals surface area contributed by atoms with Crippen LogP contribution in [0, 0.1) is 0 Å². The number of aromatic nitrogens is 1. The van der Waals surface area contributed by atoms with Crippen molar-refractivity contribution in [2.24, 2.45) is 5.73 Å². The summed E-state index contributed by atoms with van der Waals surface area (Å²) < 4.78 is 5.20. The normalized spacial score (nSPS) is 23.3. The molecule has 0 radical (unpaired) electrons. The number of hydrogen-bond donors (Lipinski definition) is 2. The number of rotatable bonds is 2. The lowest BCUT2D eigenvalue weighted by Crippen LogP contribution is -2.27. The van der Waals surface area contributed by atoms with Crippen LogP contribution < -0.4 is 11.1 Å². The summed E-state index contributed by atoms with van der Waals surface area (Å²) in [5.41, 5.74) is 6.60. The molecule has 1 aromatic heterocycles. The second-order valence-corrected chi connectivity index (χ2v) is 3.42. The molecule has 0 bridgehead atoms. The van der Waals surface area contributed by atoms with Crippen molar-refractivity contribution in [1.29, 1.82) is 0 Å². The Kier molecular flexibility index (Phi) is 2.61. The van der Waals surface area contributed by atoms with E-state index in [0.717, 1.165) is 24.3 Å². The zero-order valence-corrected chi connectivity index (χ0v) is 7.62. The molecule has 1 aliphatic rings. The van der Waals surface area contributed by atoms with Crippen molar-refractivity contribution in [3.63, 3.8) is 0 Å². The standard InChI is InChI=1S/C9H15N3O/c10-5-7-6-12-13-9(7)8-3-1-2-4-11-8/h6,8,11H,1-5,10H2. The van der Waals surface area contributed by atoms with E-state index in [-0.39, 0.29) is 0 Å². The Morgan fingerprint density at radius 3 is 3.23 bits per heavy atom. The number of nitrogens with one attached hydrogen (secondary N) is 1. The van der Waals surface area contributed by atoms with E-state index in [4.69, 9.17) is 10.3 Å². The molecule has 4 heteroatoms. The molecule has 0 saturated carbocycles. The summed E-state index contributed by atoms with van der Waals surface area (Å²) in [7, 11) is 0. The van der Waals surface area contributed by atoms with E-state index in [1.807, 2.05) is 0 Å². The van der Waals surface area contributed by atoms with Crippen molar-refractivity contribution >= 4 is 0 Å². The van der Waals surface area contributed by atoms with E-state index in [1.165, 1.54) is 12.8 Å². The topological polar surface area (TPSA) is 64.1 Å². The largest absolute Gasteiger partial charge is 0.359 e. The third kappa shape index (κ3) is 1.73. The molecule has 0 amide bonds. The van der Waals surface area contributed by atoms with Gasteiger partial charge in [-0.25, -0.2) is 0 Å². The molecule has 13 heavy (non-hydrogen) atoms. The summed E-state index contributed by atoms with van der Waals surface area (Å²) in [5.74, 6) is 0.933. The highest BCUT2D eigenvalue weighted by Crippen LogP contribution is 2.25. The quantitative estimate of drug-likeness (QED) is 0.713. The fraction of sp³-hybridized carbons (Fsp3) is 0.667. The predicted octanol–water partition coefficient (Wildman–Crippen LogP) is 0.948.